The van der Waals surface area contributed by atoms with Gasteiger partial charge in [0.05, 0.1) is 11.5 Å². The van der Waals surface area contributed by atoms with E-state index in [0.717, 1.165) is 0 Å². The van der Waals surface area contributed by atoms with Crippen molar-refractivity contribution in [2.75, 3.05) is 18.8 Å². The lowest BCUT2D eigenvalue weighted by Gasteiger charge is -2.13. The molecule has 0 bridgehead atoms. The number of amides is 1. The number of hydrogen-bond acceptors (Lipinski definition) is 7. The molecule has 26 heavy (non-hydrogen) atoms. The molecule has 0 spiro atoms. The molecule has 1 rings (SSSR count). The Morgan fingerprint density at radius 1 is 1.31 bits per heavy atom. The molecule has 12 heteroatoms. The second kappa shape index (κ2) is 12.0. The topological polar surface area (TPSA) is 223 Å². The summed E-state index contributed by atoms with van der Waals surface area (Å²) in [6.45, 7) is 0.146. The molecule has 1 aromatic rings. The van der Waals surface area contributed by atoms with Crippen LogP contribution in [0.3, 0.4) is 0 Å². The van der Waals surface area contributed by atoms with Crippen molar-refractivity contribution in [3.05, 3.63) is 34.4 Å². The van der Waals surface area contributed by atoms with Gasteiger partial charge >= 0.3 is 5.97 Å². The summed E-state index contributed by atoms with van der Waals surface area (Å²) in [4.78, 5) is 31.3. The van der Waals surface area contributed by atoms with E-state index in [9.17, 15) is 19.7 Å². The SMILES string of the molecule is N=C(N)NCCC[C@H](NC(=O)CN)C(=O)O.Nc1ccc([N+](=O)[O-])cc1. The summed E-state index contributed by atoms with van der Waals surface area (Å²) in [5.74, 6) is -1.78. The maximum absolute atomic E-state index is 10.9. The fraction of sp³-hybridized carbons (Fsp3) is 0.357. The minimum Gasteiger partial charge on any atom is -0.480 e. The van der Waals surface area contributed by atoms with E-state index in [1.165, 1.54) is 24.3 Å². The van der Waals surface area contributed by atoms with Gasteiger partial charge in [-0.2, -0.15) is 0 Å². The van der Waals surface area contributed by atoms with Gasteiger partial charge in [-0.25, -0.2) is 4.79 Å². The second-order valence-electron chi connectivity index (χ2n) is 4.99. The highest BCUT2D eigenvalue weighted by molar-refractivity contribution is 5.84. The number of non-ortho nitro benzene ring substituents is 1. The Balaban J connectivity index is 0.000000531. The third kappa shape index (κ3) is 10.4. The van der Waals surface area contributed by atoms with Gasteiger partial charge in [-0.3, -0.25) is 20.3 Å². The zero-order valence-electron chi connectivity index (χ0n) is 14.0. The van der Waals surface area contributed by atoms with E-state index in [-0.39, 0.29) is 24.6 Å². The van der Waals surface area contributed by atoms with Gasteiger partial charge in [0, 0.05) is 24.4 Å². The van der Waals surface area contributed by atoms with Crippen LogP contribution < -0.4 is 27.8 Å². The highest BCUT2D eigenvalue weighted by Crippen LogP contribution is 2.12. The van der Waals surface area contributed by atoms with E-state index < -0.39 is 22.8 Å². The Morgan fingerprint density at radius 3 is 2.31 bits per heavy atom. The maximum atomic E-state index is 10.9. The van der Waals surface area contributed by atoms with E-state index in [1.54, 1.807) is 0 Å². The molecule has 1 aromatic carbocycles. The highest BCUT2D eigenvalue weighted by Gasteiger charge is 2.18. The Kier molecular flexibility index (Phi) is 10.4. The quantitative estimate of drug-likeness (QED) is 0.0740. The fourth-order valence-electron chi connectivity index (χ4n) is 1.64. The predicted octanol–water partition coefficient (Wildman–Crippen LogP) is -1.05. The molecule has 0 fully saturated rings. The Labute approximate surface area is 149 Å². The molecule has 0 radical (unpaired) electrons. The lowest BCUT2D eigenvalue weighted by molar-refractivity contribution is -0.384. The minimum atomic E-state index is -1.11. The normalized spacial score (nSPS) is 10.7. The number of nitro groups is 1. The number of nitrogens with zero attached hydrogens (tertiary/aromatic N) is 1. The summed E-state index contributed by atoms with van der Waals surface area (Å²) in [6, 6.07) is 4.78. The van der Waals surface area contributed by atoms with Crippen molar-refractivity contribution in [2.24, 2.45) is 11.5 Å². The average Bonchev–Trinajstić information content (AvgIpc) is 2.57. The molecule has 0 aliphatic heterocycles. The number of carboxylic acids is 1. The van der Waals surface area contributed by atoms with Gasteiger partial charge in [0.2, 0.25) is 5.91 Å². The number of nitro benzene ring substituents is 1. The summed E-state index contributed by atoms with van der Waals surface area (Å²) < 4.78 is 0. The van der Waals surface area contributed by atoms with Crippen LogP contribution >= 0.6 is 0 Å². The van der Waals surface area contributed by atoms with Crippen LogP contribution in [0, 0.1) is 15.5 Å². The summed E-state index contributed by atoms with van der Waals surface area (Å²) >= 11 is 0. The van der Waals surface area contributed by atoms with Gasteiger partial charge in [0.25, 0.3) is 5.69 Å². The van der Waals surface area contributed by atoms with E-state index in [0.29, 0.717) is 18.7 Å². The Bertz CT molecular complexity index is 621. The van der Waals surface area contributed by atoms with E-state index in [4.69, 9.17) is 27.7 Å². The number of nitrogens with one attached hydrogen (secondary N) is 3. The van der Waals surface area contributed by atoms with Crippen LogP contribution in [0.5, 0.6) is 0 Å². The zero-order valence-corrected chi connectivity index (χ0v) is 14.0. The van der Waals surface area contributed by atoms with E-state index in [2.05, 4.69) is 10.6 Å². The molecule has 0 aliphatic rings. The van der Waals surface area contributed by atoms with Crippen molar-refractivity contribution in [3.8, 4) is 0 Å². The third-order valence-electron chi connectivity index (χ3n) is 2.91. The molecular formula is C14H23N7O5. The first-order chi connectivity index (χ1) is 12.2. The molecule has 0 heterocycles. The van der Waals surface area contributed by atoms with Crippen molar-refractivity contribution in [3.63, 3.8) is 0 Å². The summed E-state index contributed by atoms with van der Waals surface area (Å²) in [5, 5.41) is 30.5. The smallest absolute Gasteiger partial charge is 0.326 e. The van der Waals surface area contributed by atoms with E-state index in [1.807, 2.05) is 0 Å². The van der Waals surface area contributed by atoms with Crippen LogP contribution in [0.1, 0.15) is 12.8 Å². The van der Waals surface area contributed by atoms with Crippen LogP contribution in [0.25, 0.3) is 0 Å². The maximum Gasteiger partial charge on any atom is 0.326 e. The molecular weight excluding hydrogens is 346 g/mol. The summed E-state index contributed by atoms with van der Waals surface area (Å²) in [7, 11) is 0. The number of benzene rings is 1. The number of aliphatic carboxylic acids is 1. The Hall–Kier alpha value is -3.41. The van der Waals surface area contributed by atoms with Crippen molar-refractivity contribution in [1.29, 1.82) is 5.41 Å². The first kappa shape index (κ1) is 22.6. The molecule has 0 unspecified atom stereocenters. The summed E-state index contributed by atoms with van der Waals surface area (Å²) in [5.41, 5.74) is 16.0. The fourth-order valence-corrected chi connectivity index (χ4v) is 1.64. The molecule has 10 N–H and O–H groups in total. The monoisotopic (exact) mass is 369 g/mol. The Morgan fingerprint density at radius 2 is 1.88 bits per heavy atom. The molecule has 0 saturated heterocycles. The van der Waals surface area contributed by atoms with Crippen LogP contribution in [0.4, 0.5) is 11.4 Å². The zero-order chi connectivity index (χ0) is 20.1. The van der Waals surface area contributed by atoms with Gasteiger partial charge in [-0.05, 0) is 25.0 Å². The molecule has 0 aliphatic carbocycles. The van der Waals surface area contributed by atoms with Gasteiger partial charge in [-0.1, -0.05) is 0 Å². The predicted molar refractivity (Wildman–Crippen MR) is 95.3 cm³/mol. The first-order valence-corrected chi connectivity index (χ1v) is 7.47. The van der Waals surface area contributed by atoms with Crippen LogP contribution in [0.2, 0.25) is 0 Å². The number of rotatable bonds is 8. The van der Waals surface area contributed by atoms with Crippen LogP contribution in [-0.4, -0.2) is 47.0 Å². The van der Waals surface area contributed by atoms with Gasteiger partial charge in [0.15, 0.2) is 5.96 Å². The van der Waals surface area contributed by atoms with Crippen molar-refractivity contribution in [1.82, 2.24) is 10.6 Å². The van der Waals surface area contributed by atoms with Crippen molar-refractivity contribution >= 4 is 29.2 Å². The number of hydrogen-bond donors (Lipinski definition) is 7. The molecule has 1 atom stereocenters. The second-order valence-corrected chi connectivity index (χ2v) is 4.99. The largest absolute Gasteiger partial charge is 0.480 e. The third-order valence-corrected chi connectivity index (χ3v) is 2.91. The lowest BCUT2D eigenvalue weighted by Crippen LogP contribution is -2.44. The summed E-state index contributed by atoms with van der Waals surface area (Å²) in [6.07, 6.45) is 0.725. The number of carboxylic acid groups (broad SMARTS) is 1. The van der Waals surface area contributed by atoms with Crippen molar-refractivity contribution < 1.29 is 19.6 Å². The number of carbonyl (C=O) groups is 2. The average molecular weight is 369 g/mol. The molecule has 0 aromatic heterocycles. The minimum absolute atomic E-state index is 0.0641. The van der Waals surface area contributed by atoms with Crippen LogP contribution in [-0.2, 0) is 9.59 Å². The lowest BCUT2D eigenvalue weighted by atomic mass is 10.1. The van der Waals surface area contributed by atoms with Crippen molar-refractivity contribution in [2.45, 2.75) is 18.9 Å². The highest BCUT2D eigenvalue weighted by atomic mass is 16.6. The number of carbonyl (C=O) groups excluding carboxylic acids is 1. The number of guanidine groups is 1. The molecule has 1 amide bonds. The van der Waals surface area contributed by atoms with Crippen LogP contribution in [0.15, 0.2) is 24.3 Å². The number of nitrogen functional groups attached to an aromatic ring is 1. The van der Waals surface area contributed by atoms with Gasteiger partial charge in [0.1, 0.15) is 6.04 Å². The van der Waals surface area contributed by atoms with Gasteiger partial charge < -0.3 is 32.9 Å². The molecule has 144 valence electrons. The molecule has 12 nitrogen and oxygen atoms in total. The number of nitrogens with two attached hydrogens (primary N) is 3. The standard InChI is InChI=1S/C8H17N5O3.C6H6N2O2/c9-4-6(14)13-5(7(15)16)2-1-3-12-8(10)11;7-5-1-3-6(4-2-5)8(9)10/h5H,1-4,9H2,(H,13,14)(H,15,16)(H4,10,11,12);1-4H,7H2/t5-;/m0./s1. The first-order valence-electron chi connectivity index (χ1n) is 7.47. The van der Waals surface area contributed by atoms with Gasteiger partial charge in [-0.15, -0.1) is 0 Å². The molecule has 0 saturated carbocycles. The van der Waals surface area contributed by atoms with E-state index >= 15 is 0 Å². The number of anilines is 1.